The number of hydrogen-bond donors (Lipinski definition) is 1. The van der Waals surface area contributed by atoms with Crippen LogP contribution < -0.4 is 4.74 Å². The van der Waals surface area contributed by atoms with E-state index in [0.717, 1.165) is 18.2 Å². The lowest BCUT2D eigenvalue weighted by molar-refractivity contribution is -0.274. The van der Waals surface area contributed by atoms with E-state index in [1.54, 1.807) is 0 Å². The predicted molar refractivity (Wildman–Crippen MR) is 68.6 cm³/mol. The Labute approximate surface area is 122 Å². The van der Waals surface area contributed by atoms with Crippen LogP contribution in [0.15, 0.2) is 42.5 Å². The van der Waals surface area contributed by atoms with Crippen molar-refractivity contribution in [2.45, 2.75) is 12.5 Å². The zero-order valence-corrected chi connectivity index (χ0v) is 11.1. The van der Waals surface area contributed by atoms with Crippen LogP contribution in [-0.4, -0.2) is 11.5 Å². The quantitative estimate of drug-likeness (QED) is 0.846. The molecular weight excluding hydrogens is 312 g/mol. The van der Waals surface area contributed by atoms with Gasteiger partial charge in [0.05, 0.1) is 5.02 Å². The molecule has 0 heterocycles. The molecule has 0 aliphatic heterocycles. The second kappa shape index (κ2) is 5.91. The third-order valence-corrected chi connectivity index (χ3v) is 2.96. The first-order valence-electron chi connectivity index (χ1n) is 5.75. The maximum Gasteiger partial charge on any atom is 0.573 e. The molecule has 2 aromatic carbocycles. The summed E-state index contributed by atoms with van der Waals surface area (Å²) in [4.78, 5) is 0. The van der Waals surface area contributed by atoms with Crippen molar-refractivity contribution in [3.8, 4) is 5.75 Å². The highest BCUT2D eigenvalue weighted by Gasteiger charge is 2.31. The van der Waals surface area contributed by atoms with Crippen molar-refractivity contribution in [2.75, 3.05) is 0 Å². The molecule has 0 bridgehead atoms. The van der Waals surface area contributed by atoms with Crippen LogP contribution in [0.2, 0.25) is 5.02 Å². The average Bonchev–Trinajstić information content (AvgIpc) is 2.39. The van der Waals surface area contributed by atoms with Gasteiger partial charge in [0.15, 0.2) is 0 Å². The molecule has 0 spiro atoms. The van der Waals surface area contributed by atoms with Crippen molar-refractivity contribution < 1.29 is 27.4 Å². The molecule has 0 aromatic heterocycles. The Balaban J connectivity index is 2.28. The van der Waals surface area contributed by atoms with Crippen LogP contribution in [0.3, 0.4) is 0 Å². The third-order valence-electron chi connectivity index (χ3n) is 2.67. The van der Waals surface area contributed by atoms with Gasteiger partial charge in [-0.25, -0.2) is 4.39 Å². The summed E-state index contributed by atoms with van der Waals surface area (Å²) in [5.41, 5.74) is 0.421. The van der Waals surface area contributed by atoms with Gasteiger partial charge < -0.3 is 9.84 Å². The summed E-state index contributed by atoms with van der Waals surface area (Å²) in [5.74, 6) is -1.10. The van der Waals surface area contributed by atoms with E-state index in [0.29, 0.717) is 0 Å². The van der Waals surface area contributed by atoms with Gasteiger partial charge in [-0.05, 0) is 35.4 Å². The lowest BCUT2D eigenvalue weighted by atomic mass is 10.0. The molecule has 0 saturated heterocycles. The van der Waals surface area contributed by atoms with Gasteiger partial charge in [0, 0.05) is 0 Å². The van der Waals surface area contributed by atoms with Gasteiger partial charge in [-0.1, -0.05) is 29.8 Å². The van der Waals surface area contributed by atoms with E-state index >= 15 is 0 Å². The number of rotatable bonds is 3. The lowest BCUT2D eigenvalue weighted by Gasteiger charge is -2.14. The van der Waals surface area contributed by atoms with E-state index in [1.165, 1.54) is 24.3 Å². The fraction of sp³-hybridized carbons (Fsp3) is 0.143. The minimum Gasteiger partial charge on any atom is -0.406 e. The summed E-state index contributed by atoms with van der Waals surface area (Å²) >= 11 is 5.60. The Morgan fingerprint density at radius 2 is 1.71 bits per heavy atom. The molecule has 0 aliphatic carbocycles. The number of aliphatic hydroxyl groups is 1. The summed E-state index contributed by atoms with van der Waals surface area (Å²) in [5, 5.41) is 9.93. The van der Waals surface area contributed by atoms with Crippen LogP contribution in [0.5, 0.6) is 5.75 Å². The molecule has 1 N–H and O–H groups in total. The Kier molecular flexibility index (Phi) is 4.39. The van der Waals surface area contributed by atoms with E-state index in [4.69, 9.17) is 11.6 Å². The maximum atomic E-state index is 13.1. The highest BCUT2D eigenvalue weighted by atomic mass is 35.5. The van der Waals surface area contributed by atoms with E-state index in [-0.39, 0.29) is 16.1 Å². The van der Waals surface area contributed by atoms with Crippen LogP contribution in [0, 0.1) is 5.82 Å². The minimum absolute atomic E-state index is 0.166. The van der Waals surface area contributed by atoms with Crippen molar-refractivity contribution >= 4 is 11.6 Å². The zero-order valence-electron chi connectivity index (χ0n) is 10.4. The summed E-state index contributed by atoms with van der Waals surface area (Å²) in [6, 6.07) is 8.46. The van der Waals surface area contributed by atoms with Gasteiger partial charge in [-0.15, -0.1) is 13.2 Å². The molecule has 0 aliphatic rings. The molecule has 1 unspecified atom stereocenters. The molecule has 0 radical (unpaired) electrons. The fourth-order valence-corrected chi connectivity index (χ4v) is 1.95. The molecule has 21 heavy (non-hydrogen) atoms. The maximum absolute atomic E-state index is 13.1. The number of aliphatic hydroxyl groups excluding tert-OH is 1. The van der Waals surface area contributed by atoms with E-state index < -0.39 is 24.0 Å². The zero-order chi connectivity index (χ0) is 15.6. The first-order valence-corrected chi connectivity index (χ1v) is 6.13. The van der Waals surface area contributed by atoms with Gasteiger partial charge in [0.1, 0.15) is 17.7 Å². The van der Waals surface area contributed by atoms with Gasteiger partial charge in [-0.3, -0.25) is 0 Å². The van der Waals surface area contributed by atoms with Gasteiger partial charge in [-0.2, -0.15) is 0 Å². The molecule has 0 amide bonds. The highest BCUT2D eigenvalue weighted by molar-refractivity contribution is 6.30. The summed E-state index contributed by atoms with van der Waals surface area (Å²) in [6.45, 7) is 0. The fourth-order valence-electron chi connectivity index (χ4n) is 1.76. The second-order valence-electron chi connectivity index (χ2n) is 4.20. The Morgan fingerprint density at radius 3 is 2.33 bits per heavy atom. The molecule has 1 atom stereocenters. The molecule has 112 valence electrons. The van der Waals surface area contributed by atoms with Crippen LogP contribution in [-0.2, 0) is 0 Å². The minimum atomic E-state index is -4.82. The normalized spacial score (nSPS) is 13.0. The van der Waals surface area contributed by atoms with E-state index in [1.807, 2.05) is 0 Å². The molecule has 2 nitrogen and oxygen atoms in total. The molecule has 2 rings (SSSR count). The first kappa shape index (κ1) is 15.6. The molecular formula is C14H9ClF4O2. The topological polar surface area (TPSA) is 29.5 Å². The van der Waals surface area contributed by atoms with Gasteiger partial charge >= 0.3 is 6.36 Å². The number of hydrogen-bond acceptors (Lipinski definition) is 2. The van der Waals surface area contributed by atoms with E-state index in [2.05, 4.69) is 4.74 Å². The summed E-state index contributed by atoms with van der Waals surface area (Å²) < 4.78 is 53.3. The van der Waals surface area contributed by atoms with Crippen molar-refractivity contribution in [3.63, 3.8) is 0 Å². The number of halogens is 5. The number of benzene rings is 2. The largest absolute Gasteiger partial charge is 0.573 e. The molecule has 7 heteroatoms. The van der Waals surface area contributed by atoms with Crippen molar-refractivity contribution in [2.24, 2.45) is 0 Å². The first-order chi connectivity index (χ1) is 9.76. The Bertz CT molecular complexity index is 643. The van der Waals surface area contributed by atoms with Crippen LogP contribution in [0.25, 0.3) is 0 Å². The molecule has 0 fully saturated rings. The summed E-state index contributed by atoms with van der Waals surface area (Å²) in [6.07, 6.45) is -6.07. The number of alkyl halides is 3. The highest BCUT2D eigenvalue weighted by Crippen LogP contribution is 2.29. The van der Waals surface area contributed by atoms with Gasteiger partial charge in [0.25, 0.3) is 0 Å². The standard InChI is InChI=1S/C14H9ClF4O2/c15-11-7-9(4-5-12(11)16)13(20)8-2-1-3-10(6-8)21-14(17,18)19/h1-7,13,20H. The van der Waals surface area contributed by atoms with Crippen LogP contribution in [0.1, 0.15) is 17.2 Å². The van der Waals surface area contributed by atoms with Crippen molar-refractivity contribution in [1.29, 1.82) is 0 Å². The smallest absolute Gasteiger partial charge is 0.406 e. The van der Waals surface area contributed by atoms with E-state index in [9.17, 15) is 22.7 Å². The van der Waals surface area contributed by atoms with Crippen molar-refractivity contribution in [1.82, 2.24) is 0 Å². The van der Waals surface area contributed by atoms with Gasteiger partial charge in [0.2, 0.25) is 0 Å². The molecule has 0 saturated carbocycles. The van der Waals surface area contributed by atoms with Crippen LogP contribution >= 0.6 is 11.6 Å². The Morgan fingerprint density at radius 1 is 1.05 bits per heavy atom. The SMILES string of the molecule is OC(c1cccc(OC(F)(F)F)c1)c1ccc(F)c(Cl)c1. The Hall–Kier alpha value is -1.79. The summed E-state index contributed by atoms with van der Waals surface area (Å²) in [7, 11) is 0. The molecule has 2 aromatic rings. The third kappa shape index (κ3) is 4.09. The lowest BCUT2D eigenvalue weighted by Crippen LogP contribution is -2.17. The van der Waals surface area contributed by atoms with Crippen LogP contribution in [0.4, 0.5) is 17.6 Å². The monoisotopic (exact) mass is 320 g/mol. The van der Waals surface area contributed by atoms with Crippen molar-refractivity contribution in [3.05, 3.63) is 64.4 Å². The number of ether oxygens (including phenoxy) is 1. The average molecular weight is 321 g/mol. The predicted octanol–water partition coefficient (Wildman–Crippen LogP) is 4.46. The second-order valence-corrected chi connectivity index (χ2v) is 4.60.